The van der Waals surface area contributed by atoms with Crippen LogP contribution >= 0.6 is 11.3 Å². The van der Waals surface area contributed by atoms with E-state index in [2.05, 4.69) is 5.43 Å². The van der Waals surface area contributed by atoms with Crippen LogP contribution in [-0.2, 0) is 4.74 Å². The molecule has 0 atom stereocenters. The van der Waals surface area contributed by atoms with Crippen LogP contribution in [0.2, 0.25) is 0 Å². The van der Waals surface area contributed by atoms with Crippen LogP contribution in [0, 0.1) is 0 Å². The van der Waals surface area contributed by atoms with Gasteiger partial charge in [0, 0.05) is 0 Å². The number of hydrogen-bond donors (Lipinski definition) is 2. The second-order valence-electron chi connectivity index (χ2n) is 3.53. The largest absolute Gasteiger partial charge is 0.462 e. The van der Waals surface area contributed by atoms with Crippen molar-refractivity contribution in [1.82, 2.24) is 0 Å². The van der Waals surface area contributed by atoms with Crippen molar-refractivity contribution < 1.29 is 9.53 Å². The zero-order valence-electron chi connectivity index (χ0n) is 8.58. The molecule has 3 N–H and O–H groups in total. The fourth-order valence-corrected chi connectivity index (χ4v) is 2.53. The molecule has 0 spiro atoms. The SMILES string of the molecule is CCOC(=O)c1c(C2CC2)csc1NN. The zero-order valence-corrected chi connectivity index (χ0v) is 9.39. The van der Waals surface area contributed by atoms with Gasteiger partial charge in [-0.3, -0.25) is 0 Å². The summed E-state index contributed by atoms with van der Waals surface area (Å²) < 4.78 is 5.02. The van der Waals surface area contributed by atoms with Crippen LogP contribution in [0.1, 0.15) is 41.6 Å². The topological polar surface area (TPSA) is 64.3 Å². The molecule has 1 aliphatic rings. The van der Waals surface area contributed by atoms with Gasteiger partial charge in [-0.2, -0.15) is 0 Å². The summed E-state index contributed by atoms with van der Waals surface area (Å²) in [5, 5.41) is 2.70. The first-order valence-corrected chi connectivity index (χ1v) is 5.91. The van der Waals surface area contributed by atoms with Crippen molar-refractivity contribution in [2.75, 3.05) is 12.0 Å². The van der Waals surface area contributed by atoms with Crippen LogP contribution in [0.3, 0.4) is 0 Å². The lowest BCUT2D eigenvalue weighted by Gasteiger charge is -2.05. The summed E-state index contributed by atoms with van der Waals surface area (Å²) in [6.07, 6.45) is 2.32. The summed E-state index contributed by atoms with van der Waals surface area (Å²) >= 11 is 1.46. The minimum atomic E-state index is -0.270. The van der Waals surface area contributed by atoms with Gasteiger partial charge in [-0.05, 0) is 36.6 Å². The Labute approximate surface area is 92.4 Å². The lowest BCUT2D eigenvalue weighted by atomic mass is 10.1. The van der Waals surface area contributed by atoms with E-state index in [1.165, 1.54) is 11.3 Å². The molecule has 2 rings (SSSR count). The van der Waals surface area contributed by atoms with E-state index in [1.54, 1.807) is 6.92 Å². The van der Waals surface area contributed by atoms with Crippen LogP contribution in [0.5, 0.6) is 0 Å². The van der Waals surface area contributed by atoms with E-state index in [-0.39, 0.29) is 5.97 Å². The molecule has 5 heteroatoms. The van der Waals surface area contributed by atoms with Crippen LogP contribution in [-0.4, -0.2) is 12.6 Å². The van der Waals surface area contributed by atoms with Crippen molar-refractivity contribution in [3.8, 4) is 0 Å². The predicted octanol–water partition coefficient (Wildman–Crippen LogP) is 2.09. The number of esters is 1. The number of thiophene rings is 1. The third kappa shape index (κ3) is 1.98. The van der Waals surface area contributed by atoms with Gasteiger partial charge in [0.1, 0.15) is 5.00 Å². The average molecular weight is 226 g/mol. The van der Waals surface area contributed by atoms with E-state index >= 15 is 0 Å². The number of carbonyl (C=O) groups excluding carboxylic acids is 1. The van der Waals surface area contributed by atoms with Crippen molar-refractivity contribution in [1.29, 1.82) is 0 Å². The van der Waals surface area contributed by atoms with Crippen molar-refractivity contribution in [3.63, 3.8) is 0 Å². The van der Waals surface area contributed by atoms with E-state index in [0.29, 0.717) is 23.1 Å². The molecule has 0 amide bonds. The van der Waals surface area contributed by atoms with Crippen LogP contribution in [0.25, 0.3) is 0 Å². The Morgan fingerprint density at radius 1 is 1.73 bits per heavy atom. The smallest absolute Gasteiger partial charge is 0.341 e. The first kappa shape index (κ1) is 10.4. The summed E-state index contributed by atoms with van der Waals surface area (Å²) in [5.74, 6) is 5.63. The Kier molecular flexibility index (Phi) is 2.93. The van der Waals surface area contributed by atoms with Crippen LogP contribution < -0.4 is 11.3 Å². The maximum absolute atomic E-state index is 11.7. The molecule has 1 heterocycles. The summed E-state index contributed by atoms with van der Waals surface area (Å²) in [5.41, 5.74) is 4.28. The minimum Gasteiger partial charge on any atom is -0.462 e. The van der Waals surface area contributed by atoms with E-state index in [4.69, 9.17) is 10.6 Å². The molecule has 0 radical (unpaired) electrons. The monoisotopic (exact) mass is 226 g/mol. The van der Waals surface area contributed by atoms with Gasteiger partial charge in [0.15, 0.2) is 0 Å². The number of hydrazine groups is 1. The molecular formula is C10H14N2O2S. The van der Waals surface area contributed by atoms with Crippen molar-refractivity contribution >= 4 is 22.3 Å². The molecule has 0 aliphatic heterocycles. The third-order valence-electron chi connectivity index (χ3n) is 2.45. The Balaban J connectivity index is 2.31. The standard InChI is InChI=1S/C10H14N2O2S/c1-2-14-10(13)8-7(6-3-4-6)5-15-9(8)12-11/h5-6,12H,2-4,11H2,1H3. The van der Waals surface area contributed by atoms with Crippen molar-refractivity contribution in [2.45, 2.75) is 25.7 Å². The van der Waals surface area contributed by atoms with Gasteiger partial charge in [-0.1, -0.05) is 0 Å². The number of nitrogen functional groups attached to an aromatic ring is 1. The van der Waals surface area contributed by atoms with Gasteiger partial charge in [0.25, 0.3) is 0 Å². The molecule has 0 unspecified atom stereocenters. The lowest BCUT2D eigenvalue weighted by Crippen LogP contribution is -2.12. The second-order valence-corrected chi connectivity index (χ2v) is 4.41. The summed E-state index contributed by atoms with van der Waals surface area (Å²) in [4.78, 5) is 11.7. The minimum absolute atomic E-state index is 0.270. The van der Waals surface area contributed by atoms with E-state index in [9.17, 15) is 4.79 Å². The summed E-state index contributed by atoms with van der Waals surface area (Å²) in [6.45, 7) is 2.19. The fraction of sp³-hybridized carbons (Fsp3) is 0.500. The van der Waals surface area contributed by atoms with Gasteiger partial charge in [0.2, 0.25) is 0 Å². The van der Waals surface area contributed by atoms with Gasteiger partial charge in [-0.15, -0.1) is 11.3 Å². The Hall–Kier alpha value is -1.07. The number of carbonyl (C=O) groups is 1. The molecular weight excluding hydrogens is 212 g/mol. The molecule has 1 fully saturated rings. The maximum Gasteiger partial charge on any atom is 0.341 e. The normalized spacial score (nSPS) is 15.1. The highest BCUT2D eigenvalue weighted by atomic mass is 32.1. The quantitative estimate of drug-likeness (QED) is 0.469. The molecule has 82 valence electrons. The Morgan fingerprint density at radius 2 is 2.47 bits per heavy atom. The molecule has 0 aromatic carbocycles. The molecule has 0 saturated heterocycles. The Bertz CT molecular complexity index is 371. The maximum atomic E-state index is 11.7. The van der Waals surface area contributed by atoms with E-state index in [1.807, 2.05) is 5.38 Å². The fourth-order valence-electron chi connectivity index (χ4n) is 1.59. The van der Waals surface area contributed by atoms with Gasteiger partial charge in [0.05, 0.1) is 12.2 Å². The first-order valence-electron chi connectivity index (χ1n) is 5.03. The highest BCUT2D eigenvalue weighted by molar-refractivity contribution is 7.14. The molecule has 1 aliphatic carbocycles. The first-order chi connectivity index (χ1) is 7.27. The average Bonchev–Trinajstić information content (AvgIpc) is 2.98. The number of rotatable bonds is 4. The van der Waals surface area contributed by atoms with E-state index < -0.39 is 0 Å². The molecule has 0 bridgehead atoms. The number of hydrogen-bond acceptors (Lipinski definition) is 5. The summed E-state index contributed by atoms with van der Waals surface area (Å²) in [6, 6.07) is 0. The number of nitrogens with two attached hydrogens (primary N) is 1. The van der Waals surface area contributed by atoms with Crippen LogP contribution in [0.15, 0.2) is 5.38 Å². The Morgan fingerprint density at radius 3 is 3.00 bits per heavy atom. The van der Waals surface area contributed by atoms with Crippen LogP contribution in [0.4, 0.5) is 5.00 Å². The lowest BCUT2D eigenvalue weighted by molar-refractivity contribution is 0.0527. The molecule has 15 heavy (non-hydrogen) atoms. The summed E-state index contributed by atoms with van der Waals surface area (Å²) in [7, 11) is 0. The predicted molar refractivity (Wildman–Crippen MR) is 60.1 cm³/mol. The highest BCUT2D eigenvalue weighted by Gasteiger charge is 2.31. The molecule has 4 nitrogen and oxygen atoms in total. The number of ether oxygens (including phenoxy) is 1. The number of nitrogens with one attached hydrogen (secondary N) is 1. The van der Waals surface area contributed by atoms with Crippen molar-refractivity contribution in [3.05, 3.63) is 16.5 Å². The third-order valence-corrected chi connectivity index (χ3v) is 3.38. The van der Waals surface area contributed by atoms with E-state index in [0.717, 1.165) is 18.4 Å². The molecule has 1 aromatic heterocycles. The van der Waals surface area contributed by atoms with Gasteiger partial charge < -0.3 is 10.2 Å². The molecule has 1 saturated carbocycles. The highest BCUT2D eigenvalue weighted by Crippen LogP contribution is 2.45. The van der Waals surface area contributed by atoms with Crippen molar-refractivity contribution in [2.24, 2.45) is 5.84 Å². The van der Waals surface area contributed by atoms with Gasteiger partial charge in [-0.25, -0.2) is 10.6 Å². The number of anilines is 1. The second kappa shape index (κ2) is 4.20. The van der Waals surface area contributed by atoms with Gasteiger partial charge >= 0.3 is 5.97 Å². The zero-order chi connectivity index (χ0) is 10.8. The molecule has 1 aromatic rings.